The van der Waals surface area contributed by atoms with Gasteiger partial charge in [-0.15, -0.1) is 0 Å². The van der Waals surface area contributed by atoms with Crippen LogP contribution < -0.4 is 5.32 Å². The number of carbonyl (C=O) groups is 2. The van der Waals surface area contributed by atoms with E-state index in [4.69, 9.17) is 0 Å². The minimum atomic E-state index is -1.45. The van der Waals surface area contributed by atoms with Gasteiger partial charge < -0.3 is 25.2 Å². The Hall–Kier alpha value is -1.34. The number of nitrogens with zero attached hydrogens (tertiary/aromatic N) is 1. The number of aliphatic hydroxyl groups is 2. The van der Waals surface area contributed by atoms with E-state index >= 15 is 0 Å². The fourth-order valence-electron chi connectivity index (χ4n) is 1.89. The summed E-state index contributed by atoms with van der Waals surface area (Å²) in [6.45, 7) is 3.23. The number of carbonyl (C=O) groups excluding carboxylic acids is 2. The Balaban J connectivity index is 2.82. The minimum absolute atomic E-state index is 0.412. The lowest BCUT2D eigenvalue weighted by Gasteiger charge is -2.33. The molecule has 3 N–H and O–H groups in total. The normalized spacial score (nSPS) is 21.6. The first kappa shape index (κ1) is 14.7. The van der Waals surface area contributed by atoms with E-state index in [1.807, 2.05) is 0 Å². The molecule has 0 aliphatic carbocycles. The second-order valence-electron chi connectivity index (χ2n) is 4.88. The SMILES string of the molecule is COC(=O)NC(C(=O)N1CCCC1O)C(C)(C)O. The Labute approximate surface area is 106 Å². The fourth-order valence-corrected chi connectivity index (χ4v) is 1.89. The molecule has 2 amide bonds. The number of methoxy groups -OCH3 is 1. The summed E-state index contributed by atoms with van der Waals surface area (Å²) in [5.74, 6) is -0.516. The highest BCUT2D eigenvalue weighted by Gasteiger charge is 2.40. The van der Waals surface area contributed by atoms with Crippen LogP contribution in [0.5, 0.6) is 0 Å². The molecule has 0 spiro atoms. The number of aliphatic hydroxyl groups excluding tert-OH is 1. The van der Waals surface area contributed by atoms with Crippen molar-refractivity contribution in [3.8, 4) is 0 Å². The maximum atomic E-state index is 12.2. The monoisotopic (exact) mass is 260 g/mol. The maximum absolute atomic E-state index is 12.2. The standard InChI is InChI=1S/C11H20N2O5/c1-11(2,17)8(12-10(16)18-3)9(15)13-6-4-5-7(13)14/h7-8,14,17H,4-6H2,1-3H3,(H,12,16). The molecule has 1 heterocycles. The van der Waals surface area contributed by atoms with Crippen molar-refractivity contribution in [2.45, 2.75) is 44.6 Å². The summed E-state index contributed by atoms with van der Waals surface area (Å²) in [5, 5.41) is 21.9. The summed E-state index contributed by atoms with van der Waals surface area (Å²) in [5.41, 5.74) is -1.45. The number of alkyl carbamates (subject to hydrolysis) is 1. The van der Waals surface area contributed by atoms with Gasteiger partial charge in [-0.3, -0.25) is 4.79 Å². The number of amides is 2. The molecule has 0 bridgehead atoms. The van der Waals surface area contributed by atoms with Crippen molar-refractivity contribution < 1.29 is 24.5 Å². The Morgan fingerprint density at radius 3 is 2.50 bits per heavy atom. The van der Waals surface area contributed by atoms with Gasteiger partial charge in [0.25, 0.3) is 0 Å². The lowest BCUT2D eigenvalue weighted by atomic mass is 9.97. The molecule has 1 aliphatic rings. The predicted octanol–water partition coefficient (Wildman–Crippen LogP) is -0.577. The molecule has 2 atom stereocenters. The third kappa shape index (κ3) is 3.33. The largest absolute Gasteiger partial charge is 0.453 e. The number of ether oxygens (including phenoxy) is 1. The molecule has 1 fully saturated rings. The van der Waals surface area contributed by atoms with Gasteiger partial charge in [-0.1, -0.05) is 0 Å². The topological polar surface area (TPSA) is 99.1 Å². The molecule has 1 aliphatic heterocycles. The molecule has 1 rings (SSSR count). The van der Waals surface area contributed by atoms with Crippen molar-refractivity contribution >= 4 is 12.0 Å². The molecule has 2 unspecified atom stereocenters. The van der Waals surface area contributed by atoms with Crippen molar-refractivity contribution in [1.82, 2.24) is 10.2 Å². The van der Waals surface area contributed by atoms with Crippen molar-refractivity contribution in [3.63, 3.8) is 0 Å². The van der Waals surface area contributed by atoms with Crippen LogP contribution in [0.15, 0.2) is 0 Å². The molecule has 104 valence electrons. The molecular formula is C11H20N2O5. The third-order valence-electron chi connectivity index (χ3n) is 2.91. The van der Waals surface area contributed by atoms with Gasteiger partial charge in [0.05, 0.1) is 12.7 Å². The van der Waals surface area contributed by atoms with E-state index in [1.54, 1.807) is 0 Å². The number of nitrogens with one attached hydrogen (secondary N) is 1. The smallest absolute Gasteiger partial charge is 0.407 e. The van der Waals surface area contributed by atoms with E-state index in [9.17, 15) is 19.8 Å². The molecule has 7 nitrogen and oxygen atoms in total. The average Bonchev–Trinajstić information content (AvgIpc) is 2.69. The highest BCUT2D eigenvalue weighted by atomic mass is 16.5. The van der Waals surface area contributed by atoms with Crippen molar-refractivity contribution in [3.05, 3.63) is 0 Å². The maximum Gasteiger partial charge on any atom is 0.407 e. The van der Waals surface area contributed by atoms with Gasteiger partial charge in [0, 0.05) is 6.54 Å². The molecule has 0 radical (unpaired) electrons. The summed E-state index contributed by atoms with van der Waals surface area (Å²) in [7, 11) is 1.17. The number of hydrogen-bond donors (Lipinski definition) is 3. The van der Waals surface area contributed by atoms with Crippen LogP contribution in [-0.2, 0) is 9.53 Å². The average molecular weight is 260 g/mol. The summed E-state index contributed by atoms with van der Waals surface area (Å²) in [6, 6.07) is -1.15. The van der Waals surface area contributed by atoms with Crippen LogP contribution in [0.25, 0.3) is 0 Å². The molecule has 0 aromatic heterocycles. The van der Waals surface area contributed by atoms with Crippen LogP contribution in [0.3, 0.4) is 0 Å². The van der Waals surface area contributed by atoms with Crippen LogP contribution in [0.2, 0.25) is 0 Å². The Morgan fingerprint density at radius 2 is 2.11 bits per heavy atom. The van der Waals surface area contributed by atoms with Crippen molar-refractivity contribution in [1.29, 1.82) is 0 Å². The zero-order valence-electron chi connectivity index (χ0n) is 10.8. The number of rotatable bonds is 3. The second kappa shape index (κ2) is 5.53. The predicted molar refractivity (Wildman–Crippen MR) is 62.6 cm³/mol. The van der Waals surface area contributed by atoms with Crippen LogP contribution in [0.4, 0.5) is 4.79 Å². The van der Waals surface area contributed by atoms with Gasteiger partial charge in [0.15, 0.2) is 0 Å². The first-order chi connectivity index (χ1) is 8.27. The second-order valence-corrected chi connectivity index (χ2v) is 4.88. The molecule has 0 aromatic rings. The van der Waals surface area contributed by atoms with Crippen LogP contribution in [0, 0.1) is 0 Å². The Kier molecular flexibility index (Phi) is 4.53. The Bertz CT molecular complexity index is 326. The lowest BCUT2D eigenvalue weighted by molar-refractivity contribution is -0.145. The first-order valence-corrected chi connectivity index (χ1v) is 5.82. The first-order valence-electron chi connectivity index (χ1n) is 5.82. The quantitative estimate of drug-likeness (QED) is 0.630. The van der Waals surface area contributed by atoms with Gasteiger partial charge in [0.2, 0.25) is 5.91 Å². The number of hydrogen-bond acceptors (Lipinski definition) is 5. The third-order valence-corrected chi connectivity index (χ3v) is 2.91. The number of likely N-dealkylation sites (tertiary alicyclic amines) is 1. The molecule has 7 heteroatoms. The zero-order valence-corrected chi connectivity index (χ0v) is 10.8. The van der Waals surface area contributed by atoms with E-state index in [0.717, 1.165) is 0 Å². The van der Waals surface area contributed by atoms with E-state index in [0.29, 0.717) is 19.4 Å². The molecule has 1 saturated heterocycles. The van der Waals surface area contributed by atoms with E-state index in [1.165, 1.54) is 25.9 Å². The van der Waals surface area contributed by atoms with E-state index in [2.05, 4.69) is 10.1 Å². The lowest BCUT2D eigenvalue weighted by Crippen LogP contribution is -2.59. The summed E-state index contributed by atoms with van der Waals surface area (Å²) in [6.07, 6.45) is -0.461. The van der Waals surface area contributed by atoms with Gasteiger partial charge in [-0.25, -0.2) is 4.79 Å². The molecule has 0 saturated carbocycles. The summed E-state index contributed by atoms with van der Waals surface area (Å²) in [4.78, 5) is 24.6. The van der Waals surface area contributed by atoms with Crippen LogP contribution in [0.1, 0.15) is 26.7 Å². The Morgan fingerprint density at radius 1 is 1.50 bits per heavy atom. The minimum Gasteiger partial charge on any atom is -0.453 e. The highest BCUT2D eigenvalue weighted by molar-refractivity contribution is 5.87. The van der Waals surface area contributed by atoms with Crippen molar-refractivity contribution in [2.24, 2.45) is 0 Å². The highest BCUT2D eigenvalue weighted by Crippen LogP contribution is 2.19. The fraction of sp³-hybridized carbons (Fsp3) is 0.818. The molecule has 0 aromatic carbocycles. The molecular weight excluding hydrogens is 240 g/mol. The molecule has 18 heavy (non-hydrogen) atoms. The van der Waals surface area contributed by atoms with Crippen LogP contribution in [-0.4, -0.2) is 58.6 Å². The zero-order chi connectivity index (χ0) is 13.9. The summed E-state index contributed by atoms with van der Waals surface area (Å²) >= 11 is 0. The van der Waals surface area contributed by atoms with E-state index < -0.39 is 29.9 Å². The van der Waals surface area contributed by atoms with E-state index in [-0.39, 0.29) is 0 Å². The van der Waals surface area contributed by atoms with Crippen LogP contribution >= 0.6 is 0 Å². The van der Waals surface area contributed by atoms with Gasteiger partial charge in [0.1, 0.15) is 12.3 Å². The van der Waals surface area contributed by atoms with Gasteiger partial charge in [-0.05, 0) is 26.7 Å². The van der Waals surface area contributed by atoms with Gasteiger partial charge >= 0.3 is 6.09 Å². The van der Waals surface area contributed by atoms with Crippen molar-refractivity contribution in [2.75, 3.05) is 13.7 Å². The summed E-state index contributed by atoms with van der Waals surface area (Å²) < 4.78 is 4.42. The van der Waals surface area contributed by atoms with Gasteiger partial charge in [-0.2, -0.15) is 0 Å².